The summed E-state index contributed by atoms with van der Waals surface area (Å²) < 4.78 is -0.750. The lowest BCUT2D eigenvalue weighted by Crippen LogP contribution is -2.06. The Labute approximate surface area is 86.5 Å². The number of carbonyl (C=O) groups is 2. The molecule has 2 N–H and O–H groups in total. The van der Waals surface area contributed by atoms with Crippen LogP contribution < -0.4 is 5.73 Å². The second kappa shape index (κ2) is 17.1. The summed E-state index contributed by atoms with van der Waals surface area (Å²) in [4.78, 5) is 19.5. The number of nitrogens with two attached hydrogens (primary N) is 1. The molecule has 0 aliphatic rings. The lowest BCUT2D eigenvalue weighted by Gasteiger charge is -1.93. The van der Waals surface area contributed by atoms with Gasteiger partial charge < -0.3 is 10.6 Å². The normalized spacial score (nSPS) is 6.83. The second-order valence-electron chi connectivity index (χ2n) is 1.45. The Morgan fingerprint density at radius 3 is 1.33 bits per heavy atom. The van der Waals surface area contributed by atoms with Gasteiger partial charge in [-0.1, -0.05) is 34.8 Å². The van der Waals surface area contributed by atoms with Gasteiger partial charge >= 0.3 is 0 Å². The molecule has 0 rings (SSSR count). The third kappa shape index (κ3) is 232. The predicted molar refractivity (Wildman–Crippen MR) is 51.3 cm³/mol. The smallest absolute Gasteiger partial charge is 0.209 e. The molecule has 0 aromatic heterocycles. The molecule has 0 bridgehead atoms. The molecule has 0 radical (unpaired) electrons. The molecule has 0 aromatic rings. The highest BCUT2D eigenvalue weighted by Gasteiger charge is 1.78. The molecule has 0 spiro atoms. The molecule has 0 atom stereocenters. The molecule has 74 valence electrons. The van der Waals surface area contributed by atoms with Crippen LogP contribution in [-0.4, -0.2) is 36.1 Å². The molecule has 4 nitrogen and oxygen atoms in total. The van der Waals surface area contributed by atoms with Crippen molar-refractivity contribution in [3.63, 3.8) is 0 Å². The zero-order valence-electron chi connectivity index (χ0n) is 6.71. The highest BCUT2D eigenvalue weighted by Crippen LogP contribution is 2.03. The lowest BCUT2D eigenvalue weighted by atomic mass is 11.0. The van der Waals surface area contributed by atoms with E-state index in [-0.39, 0.29) is 6.41 Å². The van der Waals surface area contributed by atoms with Crippen molar-refractivity contribution >= 4 is 47.6 Å². The first-order valence-corrected chi connectivity index (χ1v) is 3.92. The molecule has 0 aromatic carbocycles. The third-order valence-corrected chi connectivity index (χ3v) is 0.211. The first kappa shape index (κ1) is 17.8. The number of halogens is 3. The zero-order valence-corrected chi connectivity index (χ0v) is 8.97. The predicted octanol–water partition coefficient (Wildman–Crippen LogP) is 0.792. The molecule has 0 heterocycles. The van der Waals surface area contributed by atoms with Crippen LogP contribution >= 0.6 is 34.8 Å². The van der Waals surface area contributed by atoms with Gasteiger partial charge in [-0.2, -0.15) is 0 Å². The van der Waals surface area contributed by atoms with Crippen LogP contribution in [0.2, 0.25) is 0 Å². The van der Waals surface area contributed by atoms with Crippen molar-refractivity contribution < 1.29 is 9.59 Å². The molecule has 0 fully saturated rings. The number of rotatable bonds is 1. The maximum absolute atomic E-state index is 9.43. The summed E-state index contributed by atoms with van der Waals surface area (Å²) in [5.41, 5.74) is 4.17. The maximum atomic E-state index is 9.43. The van der Waals surface area contributed by atoms with Gasteiger partial charge in [0.2, 0.25) is 12.8 Å². The number of hydrogen-bond donors (Lipinski definition) is 1. The monoisotopic (exact) mass is 236 g/mol. The van der Waals surface area contributed by atoms with Crippen LogP contribution in [0.5, 0.6) is 0 Å². The summed E-state index contributed by atoms with van der Waals surface area (Å²) in [7, 11) is 3.38. The van der Waals surface area contributed by atoms with Crippen molar-refractivity contribution in [2.24, 2.45) is 5.73 Å². The fourth-order valence-corrected chi connectivity index (χ4v) is 0. The molecular weight excluding hydrogens is 226 g/mol. The van der Waals surface area contributed by atoms with Crippen molar-refractivity contribution in [2.45, 2.75) is 4.30 Å². The first-order chi connectivity index (χ1) is 5.42. The van der Waals surface area contributed by atoms with E-state index >= 15 is 0 Å². The molecule has 0 aliphatic heterocycles. The van der Waals surface area contributed by atoms with Crippen LogP contribution in [0.15, 0.2) is 0 Å². The molecule has 0 aliphatic carbocycles. The second-order valence-corrected chi connectivity index (χ2v) is 3.43. The van der Waals surface area contributed by atoms with Crippen molar-refractivity contribution in [1.29, 1.82) is 0 Å². The van der Waals surface area contributed by atoms with Gasteiger partial charge in [0, 0.05) is 14.1 Å². The van der Waals surface area contributed by atoms with E-state index in [1.54, 1.807) is 14.1 Å². The van der Waals surface area contributed by atoms with E-state index in [4.69, 9.17) is 39.6 Å². The number of hydrogen-bond acceptors (Lipinski definition) is 2. The summed E-state index contributed by atoms with van der Waals surface area (Å²) in [5, 5.41) is 0. The number of nitrogens with zero attached hydrogens (tertiary/aromatic N) is 1. The lowest BCUT2D eigenvalue weighted by molar-refractivity contribution is -0.116. The van der Waals surface area contributed by atoms with E-state index in [0.29, 0.717) is 0 Å². The van der Waals surface area contributed by atoms with Gasteiger partial charge in [-0.3, -0.25) is 9.59 Å². The van der Waals surface area contributed by atoms with Gasteiger partial charge in [0.25, 0.3) is 0 Å². The van der Waals surface area contributed by atoms with Crippen molar-refractivity contribution in [1.82, 2.24) is 4.90 Å². The fourth-order valence-electron chi connectivity index (χ4n) is 0. The molecule has 0 unspecified atom stereocenters. The van der Waals surface area contributed by atoms with Crippen LogP contribution in [0.1, 0.15) is 0 Å². The minimum absolute atomic E-state index is 0.250. The van der Waals surface area contributed by atoms with Gasteiger partial charge in [0.15, 0.2) is 4.30 Å². The van der Waals surface area contributed by atoms with Gasteiger partial charge in [0.05, 0.1) is 0 Å². The van der Waals surface area contributed by atoms with E-state index < -0.39 is 4.30 Å². The standard InChI is InChI=1S/C3H7NO.CHCl3.CH3NO/c1-4(2)3-5;2-1(3)4;2-1-3/h3H,1-2H3;1H;1H,(H2,2,3). The topological polar surface area (TPSA) is 63.4 Å². The van der Waals surface area contributed by atoms with Crippen molar-refractivity contribution in [2.75, 3.05) is 14.1 Å². The van der Waals surface area contributed by atoms with Crippen molar-refractivity contribution in [3.05, 3.63) is 0 Å². The Hall–Kier alpha value is -0.190. The van der Waals surface area contributed by atoms with Gasteiger partial charge in [-0.05, 0) is 0 Å². The average molecular weight is 238 g/mol. The number of amides is 2. The van der Waals surface area contributed by atoms with E-state index in [1.165, 1.54) is 4.90 Å². The number of alkyl halides is 3. The first-order valence-electron chi connectivity index (χ1n) is 2.61. The molecule has 12 heavy (non-hydrogen) atoms. The highest BCUT2D eigenvalue weighted by molar-refractivity contribution is 6.63. The Bertz CT molecular complexity index is 97.9. The van der Waals surface area contributed by atoms with Crippen LogP contribution in [0.25, 0.3) is 0 Å². The van der Waals surface area contributed by atoms with Crippen LogP contribution in [0, 0.1) is 0 Å². The quantitative estimate of drug-likeness (QED) is 0.541. The molecule has 0 saturated heterocycles. The summed E-state index contributed by atoms with van der Waals surface area (Å²) in [6, 6.07) is 0. The average Bonchev–Trinajstić information content (AvgIpc) is 1.88. The van der Waals surface area contributed by atoms with E-state index in [2.05, 4.69) is 5.73 Å². The third-order valence-electron chi connectivity index (χ3n) is 0.211. The minimum Gasteiger partial charge on any atom is -0.372 e. The largest absolute Gasteiger partial charge is 0.372 e. The Morgan fingerprint density at radius 1 is 1.25 bits per heavy atom. The van der Waals surface area contributed by atoms with E-state index in [9.17, 15) is 4.79 Å². The van der Waals surface area contributed by atoms with E-state index in [0.717, 1.165) is 6.41 Å². The molecule has 7 heteroatoms. The van der Waals surface area contributed by atoms with Crippen LogP contribution in [0.3, 0.4) is 0 Å². The molecule has 0 saturated carbocycles. The van der Waals surface area contributed by atoms with Gasteiger partial charge in [-0.25, -0.2) is 0 Å². The van der Waals surface area contributed by atoms with Gasteiger partial charge in [0.1, 0.15) is 0 Å². The van der Waals surface area contributed by atoms with Gasteiger partial charge in [-0.15, -0.1) is 0 Å². The van der Waals surface area contributed by atoms with Crippen LogP contribution in [0.4, 0.5) is 0 Å². The Morgan fingerprint density at radius 2 is 1.33 bits per heavy atom. The molecular formula is C5H11Cl3N2O2. The fraction of sp³-hybridized carbons (Fsp3) is 0.600. The Balaban J connectivity index is -0.000000105. The minimum atomic E-state index is -0.750. The molecule has 2 amide bonds. The maximum Gasteiger partial charge on any atom is 0.209 e. The van der Waals surface area contributed by atoms with Crippen LogP contribution in [-0.2, 0) is 9.59 Å². The Kier molecular flexibility index (Phi) is 25.3. The summed E-state index contributed by atoms with van der Waals surface area (Å²) >= 11 is 14.4. The van der Waals surface area contributed by atoms with Crippen molar-refractivity contribution in [3.8, 4) is 0 Å². The number of carbonyl (C=O) groups excluding carboxylic acids is 2. The summed E-state index contributed by atoms with van der Waals surface area (Å²) in [6.45, 7) is 0. The highest BCUT2D eigenvalue weighted by atomic mass is 35.6. The van der Waals surface area contributed by atoms with E-state index in [1.807, 2.05) is 0 Å². The SMILES string of the molecule is CN(C)C=O.ClC(Cl)Cl.NC=O. The zero-order chi connectivity index (χ0) is 10.6. The summed E-state index contributed by atoms with van der Waals surface area (Å²) in [5.74, 6) is 0. The summed E-state index contributed by atoms with van der Waals surface area (Å²) in [6.07, 6.45) is 1.00. The number of primary amides is 1.